The Morgan fingerprint density at radius 3 is 2.57 bits per heavy atom. The minimum atomic E-state index is -0.319. The minimum Gasteiger partial charge on any atom is -0.496 e. The highest BCUT2D eigenvalue weighted by Crippen LogP contribution is 2.20. The van der Waals surface area contributed by atoms with Crippen LogP contribution in [0.3, 0.4) is 0 Å². The van der Waals surface area contributed by atoms with E-state index in [1.54, 1.807) is 14.2 Å². The number of rotatable bonds is 8. The van der Waals surface area contributed by atoms with Gasteiger partial charge < -0.3 is 19.7 Å². The van der Waals surface area contributed by atoms with Crippen molar-refractivity contribution in [2.45, 2.75) is 25.4 Å². The van der Waals surface area contributed by atoms with Gasteiger partial charge in [0.2, 0.25) is 0 Å². The van der Waals surface area contributed by atoms with Crippen LogP contribution in [0.5, 0.6) is 5.75 Å². The van der Waals surface area contributed by atoms with Gasteiger partial charge in [0.25, 0.3) is 0 Å². The Morgan fingerprint density at radius 2 is 2.00 bits per heavy atom. The van der Waals surface area contributed by atoms with Crippen LogP contribution in [0.2, 0.25) is 0 Å². The summed E-state index contributed by atoms with van der Waals surface area (Å²) in [5.41, 5.74) is 1.17. The summed E-state index contributed by atoms with van der Waals surface area (Å²) in [5.74, 6) is 0.657. The first-order valence-corrected chi connectivity index (χ1v) is 7.10. The van der Waals surface area contributed by atoms with E-state index in [0.717, 1.165) is 12.2 Å². The van der Waals surface area contributed by atoms with Crippen molar-refractivity contribution < 1.29 is 14.3 Å². The molecule has 2 atom stereocenters. The number of benzene rings is 1. The number of carbonyl (C=O) groups is 1. The molecule has 21 heavy (non-hydrogen) atoms. The van der Waals surface area contributed by atoms with Crippen LogP contribution < -0.4 is 10.1 Å². The fourth-order valence-electron chi connectivity index (χ4n) is 2.24. The van der Waals surface area contributed by atoms with Gasteiger partial charge >= 0.3 is 5.97 Å². The first-order chi connectivity index (χ1) is 10.0. The van der Waals surface area contributed by atoms with Gasteiger partial charge in [-0.05, 0) is 39.1 Å². The summed E-state index contributed by atoms with van der Waals surface area (Å²) < 4.78 is 10.2. The van der Waals surface area contributed by atoms with Crippen LogP contribution in [0.15, 0.2) is 24.3 Å². The van der Waals surface area contributed by atoms with Gasteiger partial charge in [-0.2, -0.15) is 0 Å². The van der Waals surface area contributed by atoms with Crippen molar-refractivity contribution in [3.8, 4) is 5.75 Å². The summed E-state index contributed by atoms with van der Waals surface area (Å²) in [6.07, 6.45) is 0.859. The van der Waals surface area contributed by atoms with Gasteiger partial charge in [-0.15, -0.1) is 0 Å². The quantitative estimate of drug-likeness (QED) is 0.733. The zero-order valence-electron chi connectivity index (χ0n) is 13.6. The van der Waals surface area contributed by atoms with Crippen LogP contribution in [0.1, 0.15) is 12.5 Å². The monoisotopic (exact) mass is 294 g/mol. The van der Waals surface area contributed by atoms with Crippen LogP contribution in [0.4, 0.5) is 0 Å². The van der Waals surface area contributed by atoms with Crippen molar-refractivity contribution in [2.24, 2.45) is 0 Å². The maximum atomic E-state index is 11.6. The van der Waals surface area contributed by atoms with Crippen molar-refractivity contribution in [1.82, 2.24) is 10.2 Å². The van der Waals surface area contributed by atoms with Gasteiger partial charge in [-0.25, -0.2) is 0 Å². The molecule has 0 aliphatic carbocycles. The van der Waals surface area contributed by atoms with E-state index in [1.807, 2.05) is 25.2 Å². The Labute approximate surface area is 127 Å². The van der Waals surface area contributed by atoms with Gasteiger partial charge in [0.15, 0.2) is 0 Å². The second-order valence-corrected chi connectivity index (χ2v) is 5.17. The van der Waals surface area contributed by atoms with Crippen LogP contribution in [-0.2, 0) is 16.0 Å². The summed E-state index contributed by atoms with van der Waals surface area (Å²) in [6, 6.07) is 7.97. The number of nitrogens with one attached hydrogen (secondary N) is 1. The molecule has 0 saturated carbocycles. The van der Waals surface area contributed by atoms with E-state index in [9.17, 15) is 4.79 Å². The second-order valence-electron chi connectivity index (χ2n) is 5.17. The predicted molar refractivity (Wildman–Crippen MR) is 83.7 cm³/mol. The molecule has 1 N–H and O–H groups in total. The van der Waals surface area contributed by atoms with E-state index in [0.29, 0.717) is 6.54 Å². The van der Waals surface area contributed by atoms with Gasteiger partial charge in [-0.1, -0.05) is 18.2 Å². The van der Waals surface area contributed by atoms with Crippen molar-refractivity contribution in [3.05, 3.63) is 29.8 Å². The predicted octanol–water partition coefficient (Wildman–Crippen LogP) is 1.32. The highest BCUT2D eigenvalue weighted by molar-refractivity contribution is 5.75. The van der Waals surface area contributed by atoms with Gasteiger partial charge in [0.1, 0.15) is 11.8 Å². The Hall–Kier alpha value is -1.59. The molecule has 0 spiro atoms. The van der Waals surface area contributed by atoms with E-state index in [4.69, 9.17) is 9.47 Å². The summed E-state index contributed by atoms with van der Waals surface area (Å²) >= 11 is 0. The fourth-order valence-corrected chi connectivity index (χ4v) is 2.24. The smallest absolute Gasteiger partial charge is 0.324 e. The maximum absolute atomic E-state index is 11.6. The first kappa shape index (κ1) is 17.5. The lowest BCUT2D eigenvalue weighted by molar-refractivity contribution is -0.143. The highest BCUT2D eigenvalue weighted by Gasteiger charge is 2.21. The topological polar surface area (TPSA) is 50.8 Å². The Kier molecular flexibility index (Phi) is 7.19. The van der Waals surface area contributed by atoms with Crippen LogP contribution in [-0.4, -0.2) is 57.8 Å². The van der Waals surface area contributed by atoms with Crippen LogP contribution >= 0.6 is 0 Å². The SMILES string of the molecule is CNC(CN(C)C(C)Cc1ccccc1OC)C(=O)OC. The maximum Gasteiger partial charge on any atom is 0.324 e. The molecule has 0 heterocycles. The van der Waals surface area contributed by atoms with E-state index in [1.165, 1.54) is 12.7 Å². The molecule has 1 aromatic rings. The molecule has 118 valence electrons. The number of likely N-dealkylation sites (N-methyl/N-ethyl adjacent to an activating group) is 2. The Balaban J connectivity index is 2.65. The number of para-hydroxylation sites is 1. The number of methoxy groups -OCH3 is 2. The van der Waals surface area contributed by atoms with Crippen molar-refractivity contribution >= 4 is 5.97 Å². The summed E-state index contributed by atoms with van der Waals surface area (Å²) in [7, 11) is 6.86. The molecular formula is C16H26N2O3. The zero-order valence-corrected chi connectivity index (χ0v) is 13.6. The lowest BCUT2D eigenvalue weighted by Crippen LogP contribution is -2.46. The third-order valence-corrected chi connectivity index (χ3v) is 3.77. The first-order valence-electron chi connectivity index (χ1n) is 7.10. The second kappa shape index (κ2) is 8.64. The number of esters is 1. The average Bonchev–Trinajstić information content (AvgIpc) is 2.51. The van der Waals surface area contributed by atoms with E-state index in [2.05, 4.69) is 23.2 Å². The fraction of sp³-hybridized carbons (Fsp3) is 0.562. The number of hydrogen-bond donors (Lipinski definition) is 1. The molecule has 1 rings (SSSR count). The van der Waals surface area contributed by atoms with E-state index >= 15 is 0 Å². The molecule has 0 aliphatic heterocycles. The average molecular weight is 294 g/mol. The number of ether oxygens (including phenoxy) is 2. The summed E-state index contributed by atoms with van der Waals surface area (Å²) in [4.78, 5) is 13.8. The van der Waals surface area contributed by atoms with Crippen molar-refractivity contribution in [1.29, 1.82) is 0 Å². The van der Waals surface area contributed by atoms with E-state index < -0.39 is 0 Å². The third-order valence-electron chi connectivity index (χ3n) is 3.77. The van der Waals surface area contributed by atoms with Gasteiger partial charge in [0, 0.05) is 12.6 Å². The third kappa shape index (κ3) is 5.02. The number of carbonyl (C=O) groups excluding carboxylic acids is 1. The molecule has 1 aromatic carbocycles. The lowest BCUT2D eigenvalue weighted by Gasteiger charge is -2.28. The normalized spacial score (nSPS) is 13.8. The van der Waals surface area contributed by atoms with Gasteiger partial charge in [0.05, 0.1) is 14.2 Å². The standard InChI is InChI=1S/C16H26N2O3/c1-12(10-13-8-6-7-9-15(13)20-4)18(3)11-14(17-2)16(19)21-5/h6-9,12,14,17H,10-11H2,1-5H3. The van der Waals surface area contributed by atoms with Crippen molar-refractivity contribution in [3.63, 3.8) is 0 Å². The molecule has 5 nitrogen and oxygen atoms in total. The number of nitrogens with zero attached hydrogens (tertiary/aromatic N) is 1. The zero-order chi connectivity index (χ0) is 15.8. The molecular weight excluding hydrogens is 268 g/mol. The molecule has 0 aromatic heterocycles. The molecule has 0 amide bonds. The Bertz CT molecular complexity index is 451. The highest BCUT2D eigenvalue weighted by atomic mass is 16.5. The van der Waals surface area contributed by atoms with Crippen LogP contribution in [0, 0.1) is 0 Å². The lowest BCUT2D eigenvalue weighted by atomic mass is 10.0. The summed E-state index contributed by atoms with van der Waals surface area (Å²) in [6.45, 7) is 2.73. The molecule has 0 radical (unpaired) electrons. The molecule has 0 saturated heterocycles. The van der Waals surface area contributed by atoms with E-state index in [-0.39, 0.29) is 18.1 Å². The summed E-state index contributed by atoms with van der Waals surface area (Å²) in [5, 5.41) is 2.98. The molecule has 2 unspecified atom stereocenters. The molecule has 0 aliphatic rings. The Morgan fingerprint density at radius 1 is 1.33 bits per heavy atom. The molecule has 0 fully saturated rings. The number of hydrogen-bond acceptors (Lipinski definition) is 5. The van der Waals surface area contributed by atoms with Crippen molar-refractivity contribution in [2.75, 3.05) is 34.9 Å². The molecule has 5 heteroatoms. The largest absolute Gasteiger partial charge is 0.496 e. The van der Waals surface area contributed by atoms with Crippen LogP contribution in [0.25, 0.3) is 0 Å². The molecule has 0 bridgehead atoms. The minimum absolute atomic E-state index is 0.242. The van der Waals surface area contributed by atoms with Gasteiger partial charge in [-0.3, -0.25) is 4.79 Å².